The number of halogens is 4. The number of carbonyl (C=O) groups is 2. The van der Waals surface area contributed by atoms with Crippen molar-refractivity contribution in [1.82, 2.24) is 0 Å². The SMILES string of the molecule is C=C(/C=C\C(=C(/C)O)[C@H]1N(c2ccc(F)c(OP(=O)(O)c3ccc(-c4ccc([C@H]5N(c6ccc(F)cc6)C(=O)C56CCC(O)(c5ccc(F)cc5)CC6)c(O)c4)cc3)c2)C(=O)C12CCC(O)(c1ccc(F)cc1)CC2)c1cccc(O)c1. The van der Waals surface area contributed by atoms with E-state index in [1.54, 1.807) is 36.4 Å². The second-order valence-electron chi connectivity index (χ2n) is 22.0. The Bertz CT molecular complexity index is 3770. The summed E-state index contributed by atoms with van der Waals surface area (Å²) in [5.41, 5.74) is -0.779. The van der Waals surface area contributed by atoms with Gasteiger partial charge in [0.15, 0.2) is 11.6 Å². The first kappa shape index (κ1) is 55.6. The molecule has 0 radical (unpaired) electrons. The van der Waals surface area contributed by atoms with E-state index in [1.807, 2.05) is 0 Å². The Labute approximate surface area is 470 Å². The van der Waals surface area contributed by atoms with Crippen LogP contribution < -0.4 is 19.6 Å². The molecule has 0 aromatic heterocycles. The number of carbonyl (C=O) groups excluding carboxylic acids is 2. The minimum absolute atomic E-state index is 0.00844. The van der Waals surface area contributed by atoms with E-state index in [2.05, 4.69) is 6.58 Å². The summed E-state index contributed by atoms with van der Waals surface area (Å²) in [5.74, 6) is -4.10. The van der Waals surface area contributed by atoms with E-state index in [0.29, 0.717) is 44.6 Å². The topological polar surface area (TPSA) is 188 Å². The van der Waals surface area contributed by atoms with Crippen LogP contribution in [-0.4, -0.2) is 48.3 Å². The fraction of sp³-hybridized carbons (Fsp3) is 0.231. The van der Waals surface area contributed by atoms with E-state index in [-0.39, 0.29) is 91.1 Å². The molecule has 1 unspecified atom stereocenters. The zero-order chi connectivity index (χ0) is 58.1. The summed E-state index contributed by atoms with van der Waals surface area (Å²) in [6.07, 6.45) is 4.47. The first-order chi connectivity index (χ1) is 39.0. The Balaban J connectivity index is 0.848. The number of hydrogen-bond donors (Lipinski definition) is 6. The van der Waals surface area contributed by atoms with Crippen molar-refractivity contribution in [2.45, 2.75) is 81.6 Å². The highest BCUT2D eigenvalue weighted by Gasteiger charge is 2.65. The molecule has 2 aliphatic heterocycles. The fourth-order valence-corrected chi connectivity index (χ4v) is 13.7. The average Bonchev–Trinajstić information content (AvgIpc) is 1.58. The van der Waals surface area contributed by atoms with Gasteiger partial charge in [0, 0.05) is 28.6 Å². The molecule has 4 aliphatic rings. The number of anilines is 2. The molecule has 12 nitrogen and oxygen atoms in total. The van der Waals surface area contributed by atoms with Gasteiger partial charge in [-0.25, -0.2) is 22.1 Å². The number of phenols is 2. The first-order valence-corrected chi connectivity index (χ1v) is 28.3. The van der Waals surface area contributed by atoms with Crippen molar-refractivity contribution in [2.75, 3.05) is 9.80 Å². The second-order valence-corrected chi connectivity index (χ2v) is 23.8. The number of phenolic OH excluding ortho intramolecular Hbond substituents is 2. The third-order valence-corrected chi connectivity index (χ3v) is 18.7. The monoisotopic (exact) mass is 1130 g/mol. The molecule has 2 heterocycles. The molecule has 82 heavy (non-hydrogen) atoms. The number of allylic oxidation sites excluding steroid dienone is 3. The number of β-lactam (4-membered cyclic amide) rings is 2. The number of hydrogen-bond acceptors (Lipinski definition) is 9. The number of aromatic hydroxyl groups is 2. The van der Waals surface area contributed by atoms with Crippen LogP contribution in [0.15, 0.2) is 188 Å². The summed E-state index contributed by atoms with van der Waals surface area (Å²) < 4.78 is 77.4. The van der Waals surface area contributed by atoms with Crippen LogP contribution in [0.25, 0.3) is 16.7 Å². The van der Waals surface area contributed by atoms with Crippen molar-refractivity contribution < 1.29 is 66.7 Å². The fourth-order valence-electron chi connectivity index (χ4n) is 12.7. The Morgan fingerprint density at radius 1 is 0.622 bits per heavy atom. The van der Waals surface area contributed by atoms with Gasteiger partial charge in [-0.2, -0.15) is 0 Å². The van der Waals surface area contributed by atoms with Crippen LogP contribution in [0.5, 0.6) is 17.2 Å². The van der Waals surface area contributed by atoms with E-state index in [0.717, 1.165) is 12.1 Å². The number of rotatable bonds is 13. The molecule has 3 atom stereocenters. The molecule has 420 valence electrons. The van der Waals surface area contributed by atoms with E-state index in [9.17, 15) is 57.8 Å². The number of aliphatic hydroxyl groups is 3. The summed E-state index contributed by atoms with van der Waals surface area (Å²) in [4.78, 5) is 43.4. The van der Waals surface area contributed by atoms with Gasteiger partial charge in [0.1, 0.15) is 29.0 Å². The van der Waals surface area contributed by atoms with Crippen LogP contribution in [-0.2, 0) is 25.4 Å². The molecule has 2 aliphatic carbocycles. The molecule has 2 saturated heterocycles. The maximum atomic E-state index is 15.9. The molecule has 2 spiro atoms. The number of aliphatic hydroxyl groups excluding tert-OH is 1. The van der Waals surface area contributed by atoms with Crippen LogP contribution in [0.3, 0.4) is 0 Å². The molecular weight excluding hydrogens is 1080 g/mol. The van der Waals surface area contributed by atoms with Gasteiger partial charge >= 0.3 is 7.60 Å². The average molecular weight is 1130 g/mol. The lowest BCUT2D eigenvalue weighted by atomic mass is 9.56. The lowest BCUT2D eigenvalue weighted by Crippen LogP contribution is -2.71. The lowest BCUT2D eigenvalue weighted by Gasteiger charge is -2.60. The highest BCUT2D eigenvalue weighted by Crippen LogP contribution is 2.63. The van der Waals surface area contributed by atoms with Gasteiger partial charge in [0.2, 0.25) is 11.8 Å². The van der Waals surface area contributed by atoms with Crippen LogP contribution in [0.1, 0.15) is 86.6 Å². The van der Waals surface area contributed by atoms with Gasteiger partial charge in [-0.05, 0) is 183 Å². The van der Waals surface area contributed by atoms with Crippen LogP contribution >= 0.6 is 7.60 Å². The largest absolute Gasteiger partial charge is 0.512 e. The molecule has 2 saturated carbocycles. The molecule has 7 aromatic carbocycles. The van der Waals surface area contributed by atoms with E-state index in [4.69, 9.17) is 4.52 Å². The van der Waals surface area contributed by atoms with Gasteiger partial charge < -0.3 is 44.7 Å². The highest BCUT2D eigenvalue weighted by molar-refractivity contribution is 7.61. The van der Waals surface area contributed by atoms with Crippen molar-refractivity contribution in [1.29, 1.82) is 0 Å². The van der Waals surface area contributed by atoms with Gasteiger partial charge in [-0.15, -0.1) is 0 Å². The van der Waals surface area contributed by atoms with E-state index < -0.39 is 76.6 Å². The molecule has 4 fully saturated rings. The van der Waals surface area contributed by atoms with Gasteiger partial charge in [0.05, 0.1) is 45.2 Å². The summed E-state index contributed by atoms with van der Waals surface area (Å²) in [5, 5.41) is 56.6. The molecule has 6 N–H and O–H groups in total. The zero-order valence-corrected chi connectivity index (χ0v) is 45.2. The number of benzene rings is 7. The number of nitrogens with zero attached hydrogens (tertiary/aromatic N) is 2. The molecule has 7 aromatic rings. The summed E-state index contributed by atoms with van der Waals surface area (Å²) >= 11 is 0. The third-order valence-electron chi connectivity index (χ3n) is 17.3. The Morgan fingerprint density at radius 3 is 1.70 bits per heavy atom. The van der Waals surface area contributed by atoms with Crippen LogP contribution in [0, 0.1) is 34.1 Å². The maximum absolute atomic E-state index is 15.9. The minimum atomic E-state index is -4.90. The summed E-state index contributed by atoms with van der Waals surface area (Å²) in [6, 6.07) is 35.2. The Morgan fingerprint density at radius 2 is 1.15 bits per heavy atom. The van der Waals surface area contributed by atoms with E-state index >= 15 is 4.39 Å². The lowest BCUT2D eigenvalue weighted by molar-refractivity contribution is -0.150. The smallest absolute Gasteiger partial charge is 0.408 e. The molecule has 17 heteroatoms. The van der Waals surface area contributed by atoms with Crippen molar-refractivity contribution >= 4 is 41.7 Å². The zero-order valence-electron chi connectivity index (χ0n) is 44.4. The van der Waals surface area contributed by atoms with Gasteiger partial charge in [0.25, 0.3) is 0 Å². The predicted molar refractivity (Wildman–Crippen MR) is 302 cm³/mol. The molecule has 11 rings (SSSR count). The summed E-state index contributed by atoms with van der Waals surface area (Å²) in [7, 11) is -4.90. The van der Waals surface area contributed by atoms with Crippen molar-refractivity contribution in [3.05, 3.63) is 233 Å². The number of amides is 2. The van der Waals surface area contributed by atoms with Crippen LogP contribution in [0.2, 0.25) is 0 Å². The predicted octanol–water partition coefficient (Wildman–Crippen LogP) is 13.0. The summed E-state index contributed by atoms with van der Waals surface area (Å²) in [6.45, 7) is 5.57. The van der Waals surface area contributed by atoms with Crippen molar-refractivity contribution in [2.24, 2.45) is 10.8 Å². The third kappa shape index (κ3) is 9.76. The molecule has 0 bridgehead atoms. The van der Waals surface area contributed by atoms with Gasteiger partial charge in [-0.3, -0.25) is 9.59 Å². The highest BCUT2D eigenvalue weighted by atomic mass is 31.2. The Hall–Kier alpha value is -8.27. The van der Waals surface area contributed by atoms with Crippen molar-refractivity contribution in [3.8, 4) is 28.4 Å². The van der Waals surface area contributed by atoms with Gasteiger partial charge in [-0.1, -0.05) is 79.4 Å². The standard InChI is InChI=1S/C65H57F4N2O10P/c1-39(42-4-3-5-51(73)36-42)6-25-53(40(2)72)58-62(28-32-64(77,33-29-62)44-10-14-46(66)15-11-44)61(76)71(58)50-22-27-55(69)57(38-50)81-82(79,80)52-23-7-41(8-24-52)43-9-26-54(56(74)37-43)59-63(60(75)70(59)49-20-18-48(68)19-21-49)30-34-65(78,35-31-63)45-12-16-47(67)17-13-45/h3-27,36-38,58-59,72-74,77-78H,1,28-35H2,2H3,(H,79,80)/b25-6-,53-40-/t58-,59-,62?,63?,64?,65?/m1/s1. The van der Waals surface area contributed by atoms with Crippen molar-refractivity contribution in [3.63, 3.8) is 0 Å². The quantitative estimate of drug-likeness (QED) is 0.0213. The molecular formula is C65H57F4N2O10P. The Kier molecular flexibility index (Phi) is 14.2. The van der Waals surface area contributed by atoms with E-state index in [1.165, 1.54) is 138 Å². The maximum Gasteiger partial charge on any atom is 0.408 e. The second kappa shape index (κ2) is 20.9. The normalized spacial score (nSPS) is 25.4. The first-order valence-electron chi connectivity index (χ1n) is 26.8. The van der Waals surface area contributed by atoms with Crippen LogP contribution in [0.4, 0.5) is 28.9 Å². The molecule has 2 amide bonds. The minimum Gasteiger partial charge on any atom is -0.512 e.